The quantitative estimate of drug-likeness (QED) is 0.910. The molecule has 1 heterocycles. The summed E-state index contributed by atoms with van der Waals surface area (Å²) in [5.41, 5.74) is 1.47. The van der Waals surface area contributed by atoms with Gasteiger partial charge in [0.05, 0.1) is 18.5 Å². The number of carbonyl (C=O) groups excluding carboxylic acids is 1. The fraction of sp³-hybridized carbons (Fsp3) is 0.278. The highest BCUT2D eigenvalue weighted by Crippen LogP contribution is 2.27. The third-order valence-corrected chi connectivity index (χ3v) is 4.14. The van der Waals surface area contributed by atoms with Gasteiger partial charge in [0.25, 0.3) is 0 Å². The number of methoxy groups -OCH3 is 1. The van der Waals surface area contributed by atoms with Crippen molar-refractivity contribution in [1.29, 1.82) is 0 Å². The van der Waals surface area contributed by atoms with Crippen LogP contribution in [-0.4, -0.2) is 49.3 Å². The average Bonchev–Trinajstić information content (AvgIpc) is 2.63. The standard InChI is InChI=1S/C18H21N3O3/c1-24-17-9-5-2-6-14(17)19-18(23)21-12-10-20(11-13-21)15-7-3-4-8-16(15)22/h2-9,22H,10-13H2,1H3,(H,19,23). The van der Waals surface area contributed by atoms with Gasteiger partial charge in [-0.2, -0.15) is 0 Å². The molecule has 0 spiro atoms. The lowest BCUT2D eigenvalue weighted by Crippen LogP contribution is -2.50. The summed E-state index contributed by atoms with van der Waals surface area (Å²) >= 11 is 0. The summed E-state index contributed by atoms with van der Waals surface area (Å²) in [5.74, 6) is 0.906. The molecule has 2 amide bonds. The summed E-state index contributed by atoms with van der Waals surface area (Å²) in [6.45, 7) is 2.54. The van der Waals surface area contributed by atoms with Gasteiger partial charge < -0.3 is 25.0 Å². The Bertz CT molecular complexity index is 712. The van der Waals surface area contributed by atoms with Crippen molar-refractivity contribution in [3.63, 3.8) is 0 Å². The number of phenols is 1. The average molecular weight is 327 g/mol. The lowest BCUT2D eigenvalue weighted by atomic mass is 10.2. The van der Waals surface area contributed by atoms with Crippen LogP contribution >= 0.6 is 0 Å². The molecular formula is C18H21N3O3. The number of ether oxygens (including phenoxy) is 1. The number of amides is 2. The number of benzene rings is 2. The molecule has 1 saturated heterocycles. The summed E-state index contributed by atoms with van der Waals surface area (Å²) in [4.78, 5) is 16.3. The van der Waals surface area contributed by atoms with Gasteiger partial charge in [-0.25, -0.2) is 4.79 Å². The number of piperazine rings is 1. The first-order chi connectivity index (χ1) is 11.7. The molecule has 0 aromatic heterocycles. The van der Waals surface area contributed by atoms with E-state index in [-0.39, 0.29) is 11.8 Å². The summed E-state index contributed by atoms with van der Waals surface area (Å²) in [5, 5.41) is 12.8. The topological polar surface area (TPSA) is 65.0 Å². The van der Waals surface area contributed by atoms with Crippen LogP contribution < -0.4 is 15.0 Å². The molecule has 1 aliphatic heterocycles. The van der Waals surface area contributed by atoms with Crippen LogP contribution in [0.3, 0.4) is 0 Å². The van der Waals surface area contributed by atoms with Crippen molar-refractivity contribution in [2.24, 2.45) is 0 Å². The van der Waals surface area contributed by atoms with E-state index in [0.717, 1.165) is 5.69 Å². The van der Waals surface area contributed by atoms with Crippen LogP contribution in [0.5, 0.6) is 11.5 Å². The second-order valence-corrected chi connectivity index (χ2v) is 5.59. The van der Waals surface area contributed by atoms with Crippen molar-refractivity contribution in [2.45, 2.75) is 0 Å². The van der Waals surface area contributed by atoms with Crippen molar-refractivity contribution in [2.75, 3.05) is 43.5 Å². The predicted molar refractivity (Wildman–Crippen MR) is 93.9 cm³/mol. The molecule has 0 saturated carbocycles. The van der Waals surface area contributed by atoms with E-state index in [1.54, 1.807) is 24.1 Å². The minimum absolute atomic E-state index is 0.142. The number of aromatic hydroxyl groups is 1. The lowest BCUT2D eigenvalue weighted by molar-refractivity contribution is 0.208. The molecule has 0 unspecified atom stereocenters. The number of rotatable bonds is 3. The second-order valence-electron chi connectivity index (χ2n) is 5.59. The lowest BCUT2D eigenvalue weighted by Gasteiger charge is -2.36. The SMILES string of the molecule is COc1ccccc1NC(=O)N1CCN(c2ccccc2O)CC1. The molecule has 1 aliphatic rings. The number of para-hydroxylation sites is 4. The minimum Gasteiger partial charge on any atom is -0.506 e. The van der Waals surface area contributed by atoms with E-state index in [1.165, 1.54) is 0 Å². The largest absolute Gasteiger partial charge is 0.506 e. The van der Waals surface area contributed by atoms with Crippen LogP contribution in [0.4, 0.5) is 16.2 Å². The molecule has 6 heteroatoms. The third-order valence-electron chi connectivity index (χ3n) is 4.14. The first-order valence-electron chi connectivity index (χ1n) is 7.91. The molecular weight excluding hydrogens is 306 g/mol. The van der Waals surface area contributed by atoms with Crippen LogP contribution in [-0.2, 0) is 0 Å². The maximum Gasteiger partial charge on any atom is 0.322 e. The van der Waals surface area contributed by atoms with E-state index in [4.69, 9.17) is 4.74 Å². The Kier molecular flexibility index (Phi) is 4.74. The molecule has 2 aromatic carbocycles. The highest BCUT2D eigenvalue weighted by molar-refractivity contribution is 5.91. The Morgan fingerprint density at radius 2 is 1.71 bits per heavy atom. The summed E-state index contributed by atoms with van der Waals surface area (Å²) in [6.07, 6.45) is 0. The van der Waals surface area contributed by atoms with Crippen molar-refractivity contribution < 1.29 is 14.6 Å². The Morgan fingerprint density at radius 1 is 1.04 bits per heavy atom. The Labute approximate surface area is 141 Å². The van der Waals surface area contributed by atoms with Gasteiger partial charge in [-0.05, 0) is 24.3 Å². The third kappa shape index (κ3) is 3.37. The molecule has 0 atom stereocenters. The Hall–Kier alpha value is -2.89. The summed E-state index contributed by atoms with van der Waals surface area (Å²) in [7, 11) is 1.58. The number of nitrogens with one attached hydrogen (secondary N) is 1. The molecule has 1 fully saturated rings. The van der Waals surface area contributed by atoms with E-state index >= 15 is 0 Å². The smallest absolute Gasteiger partial charge is 0.322 e. The van der Waals surface area contributed by atoms with Crippen molar-refractivity contribution in [1.82, 2.24) is 4.90 Å². The van der Waals surface area contributed by atoms with Crippen LogP contribution in [0.25, 0.3) is 0 Å². The van der Waals surface area contributed by atoms with E-state index < -0.39 is 0 Å². The first kappa shape index (κ1) is 16.0. The number of carbonyl (C=O) groups is 1. The fourth-order valence-corrected chi connectivity index (χ4v) is 2.82. The van der Waals surface area contributed by atoms with Gasteiger partial charge in [-0.3, -0.25) is 0 Å². The zero-order chi connectivity index (χ0) is 16.9. The van der Waals surface area contributed by atoms with Crippen LogP contribution in [0.1, 0.15) is 0 Å². The number of nitrogens with zero attached hydrogens (tertiary/aromatic N) is 2. The highest BCUT2D eigenvalue weighted by Gasteiger charge is 2.23. The van der Waals surface area contributed by atoms with Gasteiger partial charge in [-0.15, -0.1) is 0 Å². The zero-order valence-electron chi connectivity index (χ0n) is 13.6. The van der Waals surface area contributed by atoms with Gasteiger partial charge in [-0.1, -0.05) is 24.3 Å². The van der Waals surface area contributed by atoms with Crippen molar-refractivity contribution in [3.05, 3.63) is 48.5 Å². The Morgan fingerprint density at radius 3 is 2.42 bits per heavy atom. The number of urea groups is 1. The van der Waals surface area contributed by atoms with Crippen LogP contribution in [0, 0.1) is 0 Å². The van der Waals surface area contributed by atoms with Gasteiger partial charge in [0, 0.05) is 26.2 Å². The molecule has 24 heavy (non-hydrogen) atoms. The second kappa shape index (κ2) is 7.12. The monoisotopic (exact) mass is 327 g/mol. The molecule has 3 rings (SSSR count). The molecule has 2 aromatic rings. The number of anilines is 2. The van der Waals surface area contributed by atoms with Gasteiger partial charge in [0.15, 0.2) is 0 Å². The molecule has 6 nitrogen and oxygen atoms in total. The van der Waals surface area contributed by atoms with Crippen molar-refractivity contribution in [3.8, 4) is 11.5 Å². The normalized spacial score (nSPS) is 14.4. The maximum atomic E-state index is 12.4. The summed E-state index contributed by atoms with van der Waals surface area (Å²) < 4.78 is 5.25. The molecule has 126 valence electrons. The molecule has 0 aliphatic carbocycles. The van der Waals surface area contributed by atoms with Crippen LogP contribution in [0.15, 0.2) is 48.5 Å². The van der Waals surface area contributed by atoms with E-state index in [2.05, 4.69) is 10.2 Å². The predicted octanol–water partition coefficient (Wildman–Crippen LogP) is 2.75. The Balaban J connectivity index is 1.60. The molecule has 0 bridgehead atoms. The number of hydrogen-bond acceptors (Lipinski definition) is 4. The summed E-state index contributed by atoms with van der Waals surface area (Å²) in [6, 6.07) is 14.5. The van der Waals surface area contributed by atoms with Crippen LogP contribution in [0.2, 0.25) is 0 Å². The minimum atomic E-state index is -0.142. The van der Waals surface area contributed by atoms with Crippen molar-refractivity contribution >= 4 is 17.4 Å². The van der Waals surface area contributed by atoms with E-state index in [0.29, 0.717) is 37.6 Å². The first-order valence-corrected chi connectivity index (χ1v) is 7.91. The maximum absolute atomic E-state index is 12.4. The van der Waals surface area contributed by atoms with E-state index in [9.17, 15) is 9.90 Å². The molecule has 2 N–H and O–H groups in total. The van der Waals surface area contributed by atoms with E-state index in [1.807, 2.05) is 36.4 Å². The van der Waals surface area contributed by atoms with Gasteiger partial charge in [0.1, 0.15) is 11.5 Å². The zero-order valence-corrected chi connectivity index (χ0v) is 13.6. The van der Waals surface area contributed by atoms with Gasteiger partial charge in [0.2, 0.25) is 0 Å². The number of hydrogen-bond donors (Lipinski definition) is 2. The molecule has 0 radical (unpaired) electrons. The van der Waals surface area contributed by atoms with Gasteiger partial charge >= 0.3 is 6.03 Å². The highest BCUT2D eigenvalue weighted by atomic mass is 16.5. The number of phenolic OH excluding ortho intramolecular Hbond substituents is 1. The fourth-order valence-electron chi connectivity index (χ4n) is 2.82.